The van der Waals surface area contributed by atoms with Gasteiger partial charge in [0.1, 0.15) is 5.75 Å². The van der Waals surface area contributed by atoms with Crippen LogP contribution in [0.3, 0.4) is 0 Å². The second-order valence-electron chi connectivity index (χ2n) is 4.96. The fraction of sp³-hybridized carbons (Fsp3) is 0.250. The van der Waals surface area contributed by atoms with Crippen LogP contribution in [0.25, 0.3) is 0 Å². The molecular formula is C16H16N2O3S. The summed E-state index contributed by atoms with van der Waals surface area (Å²) in [5, 5.41) is 7.40. The van der Waals surface area contributed by atoms with Crippen LogP contribution in [-0.2, 0) is 4.79 Å². The maximum absolute atomic E-state index is 12.0. The first-order chi connectivity index (χ1) is 10.7. The summed E-state index contributed by atoms with van der Waals surface area (Å²) in [6, 6.07) is 11.1. The molecule has 5 nitrogen and oxygen atoms in total. The van der Waals surface area contributed by atoms with E-state index in [1.807, 2.05) is 29.6 Å². The Morgan fingerprint density at radius 3 is 2.91 bits per heavy atom. The van der Waals surface area contributed by atoms with Gasteiger partial charge in [-0.05, 0) is 17.5 Å². The number of benzene rings is 1. The summed E-state index contributed by atoms with van der Waals surface area (Å²) in [6.07, 6.45) is 0.724. The lowest BCUT2D eigenvalue weighted by atomic mass is 10.0. The molecule has 1 aromatic heterocycles. The Labute approximate surface area is 132 Å². The van der Waals surface area contributed by atoms with Gasteiger partial charge in [-0.3, -0.25) is 9.59 Å². The van der Waals surface area contributed by atoms with Crippen molar-refractivity contribution in [2.45, 2.75) is 12.5 Å². The minimum atomic E-state index is -0.225. The average molecular weight is 316 g/mol. The molecule has 2 N–H and O–H groups in total. The van der Waals surface area contributed by atoms with Crippen molar-refractivity contribution in [3.05, 3.63) is 52.2 Å². The Kier molecular flexibility index (Phi) is 4.39. The molecular weight excluding hydrogens is 300 g/mol. The summed E-state index contributed by atoms with van der Waals surface area (Å²) in [6.45, 7) is 0.541. The summed E-state index contributed by atoms with van der Waals surface area (Å²) in [5.74, 6) is 0.380. The minimum Gasteiger partial charge on any atom is -0.493 e. The van der Waals surface area contributed by atoms with Crippen molar-refractivity contribution in [3.63, 3.8) is 0 Å². The number of hydrogen-bond acceptors (Lipinski definition) is 4. The fourth-order valence-corrected chi connectivity index (χ4v) is 3.03. The lowest BCUT2D eigenvalue weighted by Crippen LogP contribution is -2.39. The smallest absolute Gasteiger partial charge is 0.261 e. The van der Waals surface area contributed by atoms with Gasteiger partial charge in [-0.2, -0.15) is 0 Å². The molecule has 0 radical (unpaired) electrons. The van der Waals surface area contributed by atoms with Crippen molar-refractivity contribution < 1.29 is 14.3 Å². The van der Waals surface area contributed by atoms with Gasteiger partial charge < -0.3 is 15.4 Å². The monoisotopic (exact) mass is 316 g/mol. The second kappa shape index (κ2) is 6.62. The van der Waals surface area contributed by atoms with E-state index in [-0.39, 0.29) is 24.4 Å². The lowest BCUT2D eigenvalue weighted by Gasteiger charge is -2.26. The normalized spacial score (nSPS) is 16.3. The van der Waals surface area contributed by atoms with E-state index in [0.29, 0.717) is 11.5 Å². The Hall–Kier alpha value is -2.34. The third-order valence-electron chi connectivity index (χ3n) is 3.45. The Morgan fingerprint density at radius 2 is 2.09 bits per heavy atom. The summed E-state index contributed by atoms with van der Waals surface area (Å²) in [5.41, 5.74) is 0.978. The first-order valence-corrected chi connectivity index (χ1v) is 7.95. The molecule has 0 bridgehead atoms. The molecule has 3 rings (SSSR count). The number of carbonyl (C=O) groups excluding carboxylic acids is 2. The Morgan fingerprint density at radius 1 is 1.23 bits per heavy atom. The zero-order valence-electron chi connectivity index (χ0n) is 11.9. The van der Waals surface area contributed by atoms with Crippen LogP contribution in [0.4, 0.5) is 0 Å². The molecule has 0 saturated heterocycles. The van der Waals surface area contributed by atoms with Gasteiger partial charge in [0.2, 0.25) is 5.91 Å². The van der Waals surface area contributed by atoms with E-state index < -0.39 is 0 Å². The highest BCUT2D eigenvalue weighted by Crippen LogP contribution is 2.31. The van der Waals surface area contributed by atoms with Crippen molar-refractivity contribution in [2.75, 3.05) is 13.2 Å². The van der Waals surface area contributed by atoms with E-state index in [2.05, 4.69) is 10.6 Å². The molecule has 1 aliphatic heterocycles. The number of rotatable bonds is 4. The number of amides is 2. The van der Waals surface area contributed by atoms with E-state index in [1.54, 1.807) is 12.1 Å². The summed E-state index contributed by atoms with van der Waals surface area (Å²) < 4.78 is 5.56. The maximum atomic E-state index is 12.0. The Balaban J connectivity index is 1.55. The molecule has 0 saturated carbocycles. The zero-order valence-corrected chi connectivity index (χ0v) is 12.7. The SMILES string of the molecule is O=C(CNC(=O)c1cccs1)N[C@H]1CCOc2ccccc21. The molecule has 1 aromatic carbocycles. The first-order valence-electron chi connectivity index (χ1n) is 7.07. The molecule has 114 valence electrons. The van der Waals surface area contributed by atoms with E-state index in [9.17, 15) is 9.59 Å². The minimum absolute atomic E-state index is 0.0315. The van der Waals surface area contributed by atoms with Crippen LogP contribution in [0, 0.1) is 0 Å². The fourth-order valence-electron chi connectivity index (χ4n) is 2.39. The standard InChI is InChI=1S/C16H16N2O3S/c19-15(10-17-16(20)14-6-3-9-22-14)18-12-7-8-21-13-5-2-1-4-11(12)13/h1-6,9,12H,7-8,10H2,(H,17,20)(H,18,19)/t12-/m0/s1. The topological polar surface area (TPSA) is 67.4 Å². The Bertz CT molecular complexity index is 670. The van der Waals surface area contributed by atoms with E-state index in [4.69, 9.17) is 4.74 Å². The predicted molar refractivity (Wildman–Crippen MR) is 84.1 cm³/mol. The van der Waals surface area contributed by atoms with Crippen LogP contribution in [0.2, 0.25) is 0 Å². The number of thiophene rings is 1. The molecule has 0 aliphatic carbocycles. The van der Waals surface area contributed by atoms with Crippen LogP contribution < -0.4 is 15.4 Å². The molecule has 0 fully saturated rings. The molecule has 2 aromatic rings. The highest BCUT2D eigenvalue weighted by molar-refractivity contribution is 7.12. The zero-order chi connectivity index (χ0) is 15.4. The van der Waals surface area contributed by atoms with Gasteiger partial charge in [0.15, 0.2) is 0 Å². The largest absolute Gasteiger partial charge is 0.493 e. The van der Waals surface area contributed by atoms with Crippen LogP contribution in [0.15, 0.2) is 41.8 Å². The number of fused-ring (bicyclic) bond motifs is 1. The third-order valence-corrected chi connectivity index (χ3v) is 4.32. The lowest BCUT2D eigenvalue weighted by molar-refractivity contribution is -0.121. The quantitative estimate of drug-likeness (QED) is 0.908. The highest BCUT2D eigenvalue weighted by atomic mass is 32.1. The molecule has 6 heteroatoms. The van der Waals surface area contributed by atoms with E-state index >= 15 is 0 Å². The first kappa shape index (κ1) is 14.6. The molecule has 22 heavy (non-hydrogen) atoms. The number of ether oxygens (including phenoxy) is 1. The second-order valence-corrected chi connectivity index (χ2v) is 5.90. The molecule has 2 heterocycles. The van der Waals surface area contributed by atoms with E-state index in [0.717, 1.165) is 17.7 Å². The van der Waals surface area contributed by atoms with Gasteiger partial charge in [-0.15, -0.1) is 11.3 Å². The molecule has 2 amide bonds. The van der Waals surface area contributed by atoms with Gasteiger partial charge >= 0.3 is 0 Å². The van der Waals surface area contributed by atoms with Gasteiger partial charge in [0.05, 0.1) is 24.1 Å². The molecule has 1 aliphatic rings. The summed E-state index contributed by atoms with van der Waals surface area (Å²) in [4.78, 5) is 24.4. The summed E-state index contributed by atoms with van der Waals surface area (Å²) >= 11 is 1.35. The van der Waals surface area contributed by atoms with Crippen LogP contribution in [-0.4, -0.2) is 25.0 Å². The summed E-state index contributed by atoms with van der Waals surface area (Å²) in [7, 11) is 0. The van der Waals surface area contributed by atoms with Crippen molar-refractivity contribution in [1.82, 2.24) is 10.6 Å². The van der Waals surface area contributed by atoms with Gasteiger partial charge in [0, 0.05) is 12.0 Å². The maximum Gasteiger partial charge on any atom is 0.261 e. The number of para-hydroxylation sites is 1. The molecule has 0 spiro atoms. The van der Waals surface area contributed by atoms with Crippen molar-refractivity contribution in [1.29, 1.82) is 0 Å². The van der Waals surface area contributed by atoms with Crippen LogP contribution in [0.1, 0.15) is 27.7 Å². The number of nitrogens with one attached hydrogen (secondary N) is 2. The van der Waals surface area contributed by atoms with E-state index in [1.165, 1.54) is 11.3 Å². The van der Waals surface area contributed by atoms with Crippen LogP contribution >= 0.6 is 11.3 Å². The van der Waals surface area contributed by atoms with Gasteiger partial charge in [-0.25, -0.2) is 0 Å². The molecule has 1 atom stereocenters. The number of carbonyl (C=O) groups is 2. The van der Waals surface area contributed by atoms with Gasteiger partial charge in [-0.1, -0.05) is 24.3 Å². The average Bonchev–Trinajstić information content (AvgIpc) is 3.07. The van der Waals surface area contributed by atoms with Crippen LogP contribution in [0.5, 0.6) is 5.75 Å². The third kappa shape index (κ3) is 3.28. The van der Waals surface area contributed by atoms with Gasteiger partial charge in [0.25, 0.3) is 5.91 Å². The number of hydrogen-bond donors (Lipinski definition) is 2. The molecule has 0 unspecified atom stereocenters. The predicted octanol–water partition coefficient (Wildman–Crippen LogP) is 2.12. The van der Waals surface area contributed by atoms with Crippen molar-refractivity contribution >= 4 is 23.2 Å². The van der Waals surface area contributed by atoms with Crippen molar-refractivity contribution in [3.8, 4) is 5.75 Å². The highest BCUT2D eigenvalue weighted by Gasteiger charge is 2.22. The van der Waals surface area contributed by atoms with Crippen molar-refractivity contribution in [2.24, 2.45) is 0 Å².